The van der Waals surface area contributed by atoms with Crippen LogP contribution in [0.4, 0.5) is 4.39 Å². The maximum atomic E-state index is 13.5. The minimum Gasteiger partial charge on any atom is -0.481 e. The van der Waals surface area contributed by atoms with Gasteiger partial charge in [-0.05, 0) is 26.0 Å². The number of halogens is 1. The lowest BCUT2D eigenvalue weighted by molar-refractivity contribution is -0.130. The Morgan fingerprint density at radius 3 is 2.69 bits per heavy atom. The first kappa shape index (κ1) is 19.8. The van der Waals surface area contributed by atoms with E-state index >= 15 is 0 Å². The molecule has 0 bridgehead atoms. The number of rotatable bonds is 6. The maximum absolute atomic E-state index is 13.5. The smallest absolute Gasteiger partial charge is 0.240 e. The molecule has 1 aromatic carbocycles. The average molecular weight is 414 g/mol. The number of aromatic nitrogens is 2. The second-order valence-corrected chi connectivity index (χ2v) is 7.98. The lowest BCUT2D eigenvalue weighted by atomic mass is 10.0. The molecule has 0 N–H and O–H groups in total. The van der Waals surface area contributed by atoms with Crippen molar-refractivity contribution in [1.29, 1.82) is 0 Å². The van der Waals surface area contributed by atoms with Gasteiger partial charge in [0.25, 0.3) is 0 Å². The summed E-state index contributed by atoms with van der Waals surface area (Å²) in [5.41, 5.74) is 3.48. The highest BCUT2D eigenvalue weighted by Gasteiger charge is 2.37. The first-order valence-corrected chi connectivity index (χ1v) is 10.7. The van der Waals surface area contributed by atoms with E-state index < -0.39 is 11.9 Å². The fourth-order valence-electron chi connectivity index (χ4n) is 4.02. The second-order valence-electron chi connectivity index (χ2n) is 6.83. The topological polar surface area (TPSA) is 47.4 Å². The molecule has 1 atom stereocenters. The predicted molar refractivity (Wildman–Crippen MR) is 114 cm³/mol. The lowest BCUT2D eigenvalue weighted by Crippen LogP contribution is -2.34. The third-order valence-electron chi connectivity index (χ3n) is 5.39. The number of alkyl halides is 1. The van der Waals surface area contributed by atoms with Gasteiger partial charge in [0.2, 0.25) is 11.8 Å². The number of fused-ring (bicyclic) bond motifs is 5. The molecule has 1 aliphatic heterocycles. The molecule has 0 radical (unpaired) electrons. The molecule has 29 heavy (non-hydrogen) atoms. The Labute approximate surface area is 173 Å². The zero-order valence-electron chi connectivity index (χ0n) is 16.8. The number of nitrogens with zero attached hydrogens (tertiary/aromatic N) is 3. The number of thioether (sulfide) groups is 1. The van der Waals surface area contributed by atoms with Gasteiger partial charge < -0.3 is 14.2 Å². The van der Waals surface area contributed by atoms with E-state index in [9.17, 15) is 9.18 Å². The van der Waals surface area contributed by atoms with Crippen molar-refractivity contribution >= 4 is 28.7 Å². The van der Waals surface area contributed by atoms with Crippen LogP contribution >= 0.6 is 11.8 Å². The molecule has 3 aromatic rings. The molecule has 1 unspecified atom stereocenters. The summed E-state index contributed by atoms with van der Waals surface area (Å²) in [4.78, 5) is 20.9. The summed E-state index contributed by atoms with van der Waals surface area (Å²) < 4.78 is 20.7. The number of amides is 1. The number of carbonyl (C=O) groups excluding carboxylic acids is 1. The third-order valence-corrected chi connectivity index (χ3v) is 6.67. The Bertz CT molecular complexity index is 1060. The molecule has 0 spiro atoms. The zero-order chi connectivity index (χ0) is 20.5. The Morgan fingerprint density at radius 2 is 2.00 bits per heavy atom. The number of aryl methyl sites for hydroxylation is 1. The van der Waals surface area contributed by atoms with Gasteiger partial charge >= 0.3 is 0 Å². The molecule has 7 heteroatoms. The zero-order valence-corrected chi connectivity index (χ0v) is 17.6. The fraction of sp³-hybridized carbons (Fsp3) is 0.364. The van der Waals surface area contributed by atoms with E-state index in [1.807, 2.05) is 53.6 Å². The van der Waals surface area contributed by atoms with Gasteiger partial charge in [0.15, 0.2) is 0 Å². The van der Waals surface area contributed by atoms with Crippen LogP contribution < -0.4 is 4.74 Å². The van der Waals surface area contributed by atoms with E-state index in [1.54, 1.807) is 24.9 Å². The number of methoxy groups -OCH3 is 1. The van der Waals surface area contributed by atoms with Gasteiger partial charge in [0.05, 0.1) is 19.3 Å². The number of benzene rings is 1. The lowest BCUT2D eigenvalue weighted by Gasteiger charge is -2.29. The summed E-state index contributed by atoms with van der Waals surface area (Å²) in [6.45, 7) is 4.94. The molecule has 1 aliphatic rings. The fourth-order valence-corrected chi connectivity index (χ4v) is 5.33. The van der Waals surface area contributed by atoms with Crippen molar-refractivity contribution < 1.29 is 13.9 Å². The van der Waals surface area contributed by atoms with E-state index in [0.29, 0.717) is 24.6 Å². The minimum atomic E-state index is -0.515. The third kappa shape index (κ3) is 3.17. The van der Waals surface area contributed by atoms with Crippen LogP contribution in [0, 0.1) is 0 Å². The van der Waals surface area contributed by atoms with Crippen molar-refractivity contribution in [3.63, 3.8) is 0 Å². The number of pyridine rings is 1. The number of hydrogen-bond donors (Lipinski definition) is 0. The first-order valence-electron chi connectivity index (χ1n) is 9.82. The molecule has 0 fully saturated rings. The van der Waals surface area contributed by atoms with Crippen LogP contribution in [-0.4, -0.2) is 47.2 Å². The van der Waals surface area contributed by atoms with Crippen molar-refractivity contribution in [3.8, 4) is 17.1 Å². The van der Waals surface area contributed by atoms with Crippen molar-refractivity contribution in [2.24, 2.45) is 0 Å². The van der Waals surface area contributed by atoms with E-state index in [4.69, 9.17) is 4.74 Å². The highest BCUT2D eigenvalue weighted by atomic mass is 32.2. The maximum Gasteiger partial charge on any atom is 0.240 e. The average Bonchev–Trinajstić information content (AvgIpc) is 3.08. The van der Waals surface area contributed by atoms with Crippen LogP contribution in [0.3, 0.4) is 0 Å². The second kappa shape index (κ2) is 8.06. The molecular weight excluding hydrogens is 389 g/mol. The molecule has 5 nitrogen and oxygen atoms in total. The normalized spacial score (nSPS) is 15.1. The number of hydrogen-bond acceptors (Lipinski definition) is 4. The van der Waals surface area contributed by atoms with Gasteiger partial charge in [-0.3, -0.25) is 4.79 Å². The molecular formula is C22H24FN3O2S. The van der Waals surface area contributed by atoms with Crippen LogP contribution in [0.15, 0.2) is 41.3 Å². The van der Waals surface area contributed by atoms with E-state index in [0.717, 1.165) is 27.1 Å². The predicted octanol–water partition coefficient (Wildman–Crippen LogP) is 4.70. The Balaban J connectivity index is 2.04. The minimum absolute atomic E-state index is 0.0749. The Morgan fingerprint density at radius 1 is 1.24 bits per heavy atom. The van der Waals surface area contributed by atoms with Crippen molar-refractivity contribution in [2.75, 3.05) is 26.9 Å². The van der Waals surface area contributed by atoms with Gasteiger partial charge in [0, 0.05) is 40.6 Å². The largest absolute Gasteiger partial charge is 0.481 e. The van der Waals surface area contributed by atoms with E-state index in [2.05, 4.69) is 4.98 Å². The van der Waals surface area contributed by atoms with Gasteiger partial charge in [-0.2, -0.15) is 4.98 Å². The van der Waals surface area contributed by atoms with Crippen LogP contribution in [0.5, 0.6) is 5.88 Å². The quantitative estimate of drug-likeness (QED) is 0.588. The van der Waals surface area contributed by atoms with Crippen LogP contribution in [0.25, 0.3) is 22.3 Å². The number of ether oxygens (including phenoxy) is 1. The molecule has 4 rings (SSSR count). The summed E-state index contributed by atoms with van der Waals surface area (Å²) in [5.74, 6) is 0.547. The Kier molecular flexibility index (Phi) is 5.50. The van der Waals surface area contributed by atoms with E-state index in [1.165, 1.54) is 0 Å². The number of likely N-dealkylation sites (N-methyl/N-ethyl adjacent to an activating group) is 1. The molecule has 0 saturated heterocycles. The monoisotopic (exact) mass is 413 g/mol. The molecule has 0 aliphatic carbocycles. The van der Waals surface area contributed by atoms with Gasteiger partial charge in [-0.15, -0.1) is 11.8 Å². The van der Waals surface area contributed by atoms with Crippen LogP contribution in [0.2, 0.25) is 0 Å². The Hall–Kier alpha value is -2.54. The molecule has 152 valence electrons. The van der Waals surface area contributed by atoms with Crippen molar-refractivity contribution in [2.45, 2.75) is 30.5 Å². The van der Waals surface area contributed by atoms with Crippen molar-refractivity contribution in [1.82, 2.24) is 14.5 Å². The molecule has 2 aromatic heterocycles. The van der Waals surface area contributed by atoms with Crippen LogP contribution in [-0.2, 0) is 11.3 Å². The highest BCUT2D eigenvalue weighted by Crippen LogP contribution is 2.53. The molecule has 3 heterocycles. The van der Waals surface area contributed by atoms with Gasteiger partial charge in [-0.1, -0.05) is 18.2 Å². The van der Waals surface area contributed by atoms with Gasteiger partial charge in [0.1, 0.15) is 17.6 Å². The van der Waals surface area contributed by atoms with Crippen molar-refractivity contribution in [3.05, 3.63) is 42.0 Å². The van der Waals surface area contributed by atoms with Crippen LogP contribution in [0.1, 0.15) is 24.7 Å². The summed E-state index contributed by atoms with van der Waals surface area (Å²) in [5, 5.41) is 0.486. The van der Waals surface area contributed by atoms with E-state index in [-0.39, 0.29) is 12.5 Å². The highest BCUT2D eigenvalue weighted by molar-refractivity contribution is 8.00. The summed E-state index contributed by atoms with van der Waals surface area (Å²) in [7, 11) is 1.56. The summed E-state index contributed by atoms with van der Waals surface area (Å²) >= 11 is 1.57. The SMILES string of the molecule is CCN(CC)C(=O)C1Sc2ccccc2-c2c1c1ccc(OC)nc1n2CCF. The molecule has 1 amide bonds. The standard InChI is InChI=1S/C22H24FN3O2S/c1-4-25(5-2)22(27)20-18-15-10-11-17(28-3)24-21(15)26(13-12-23)19(18)14-8-6-7-9-16(14)29-20/h6-11,20H,4-5,12-13H2,1-3H3. The summed E-state index contributed by atoms with van der Waals surface area (Å²) in [6, 6.07) is 11.7. The molecule has 0 saturated carbocycles. The van der Waals surface area contributed by atoms with Gasteiger partial charge in [-0.25, -0.2) is 4.39 Å². The first-order chi connectivity index (χ1) is 14.1. The summed E-state index contributed by atoms with van der Waals surface area (Å²) in [6.07, 6.45) is 0. The number of carbonyl (C=O) groups is 1.